The van der Waals surface area contributed by atoms with E-state index in [0.29, 0.717) is 34.8 Å². The molecule has 1 aliphatic heterocycles. The first-order chi connectivity index (χ1) is 15.4. The van der Waals surface area contributed by atoms with Crippen LogP contribution in [0, 0.1) is 13.8 Å². The van der Waals surface area contributed by atoms with Crippen molar-refractivity contribution in [3.8, 4) is 5.75 Å². The van der Waals surface area contributed by atoms with Crippen LogP contribution in [0.2, 0.25) is 0 Å². The summed E-state index contributed by atoms with van der Waals surface area (Å²) in [5.41, 5.74) is 5.11. The number of carbonyl (C=O) groups excluding carboxylic acids is 2. The van der Waals surface area contributed by atoms with Crippen LogP contribution in [-0.2, 0) is 16.1 Å². The maximum absolute atomic E-state index is 13.7. The summed E-state index contributed by atoms with van der Waals surface area (Å²) < 4.78 is 5.26. The van der Waals surface area contributed by atoms with Crippen molar-refractivity contribution in [2.75, 3.05) is 19.1 Å². The highest BCUT2D eigenvalue weighted by Gasteiger charge is 2.42. The van der Waals surface area contributed by atoms with Crippen molar-refractivity contribution in [1.29, 1.82) is 0 Å². The lowest BCUT2D eigenvalue weighted by atomic mass is 10.0. The topological polar surface area (TPSA) is 49.9 Å². The fraction of sp³-hybridized carbons (Fsp3) is 0.185. The molecule has 3 aromatic carbocycles. The summed E-state index contributed by atoms with van der Waals surface area (Å²) in [6, 6.07) is 22.9. The Morgan fingerprint density at radius 3 is 2.19 bits per heavy atom. The molecule has 0 aliphatic carbocycles. The molecule has 2 amide bonds. The van der Waals surface area contributed by atoms with Gasteiger partial charge in [0.25, 0.3) is 11.8 Å². The lowest BCUT2D eigenvalue weighted by molar-refractivity contribution is -0.120. The van der Waals surface area contributed by atoms with Crippen molar-refractivity contribution < 1.29 is 14.3 Å². The lowest BCUT2D eigenvalue weighted by Gasteiger charge is -2.22. The number of imide groups is 1. The van der Waals surface area contributed by atoms with E-state index in [-0.39, 0.29) is 11.8 Å². The smallest absolute Gasteiger partial charge is 0.282 e. The van der Waals surface area contributed by atoms with Crippen molar-refractivity contribution in [3.05, 3.63) is 101 Å². The maximum Gasteiger partial charge on any atom is 0.282 e. The SMILES string of the molecule is COc1ccc(C2=C(N(C)Cc3ccccc3)C(=O)N(c3ccc(C)cc3C)C2=O)cc1. The Balaban J connectivity index is 1.81. The van der Waals surface area contributed by atoms with Gasteiger partial charge < -0.3 is 9.64 Å². The van der Waals surface area contributed by atoms with Gasteiger partial charge in [0.2, 0.25) is 0 Å². The van der Waals surface area contributed by atoms with E-state index in [2.05, 4.69) is 0 Å². The van der Waals surface area contributed by atoms with E-state index in [1.165, 1.54) is 4.90 Å². The van der Waals surface area contributed by atoms with Crippen molar-refractivity contribution in [1.82, 2.24) is 4.90 Å². The molecule has 0 radical (unpaired) electrons. The van der Waals surface area contributed by atoms with E-state index in [1.54, 1.807) is 19.2 Å². The Kier molecular flexibility index (Phi) is 5.82. The molecule has 0 fully saturated rings. The summed E-state index contributed by atoms with van der Waals surface area (Å²) in [5.74, 6) is 0.0600. The number of methoxy groups -OCH3 is 1. The Hall–Kier alpha value is -3.86. The fourth-order valence-corrected chi connectivity index (χ4v) is 4.10. The number of hydrogen-bond acceptors (Lipinski definition) is 4. The quantitative estimate of drug-likeness (QED) is 0.535. The Morgan fingerprint density at radius 2 is 1.56 bits per heavy atom. The summed E-state index contributed by atoms with van der Waals surface area (Å²) >= 11 is 0. The highest BCUT2D eigenvalue weighted by molar-refractivity contribution is 6.45. The molecule has 0 saturated carbocycles. The summed E-state index contributed by atoms with van der Waals surface area (Å²) in [6.07, 6.45) is 0. The molecule has 1 heterocycles. The molecule has 32 heavy (non-hydrogen) atoms. The van der Waals surface area contributed by atoms with E-state index in [9.17, 15) is 9.59 Å². The van der Waals surface area contributed by atoms with Gasteiger partial charge >= 0.3 is 0 Å². The number of anilines is 1. The molecule has 0 N–H and O–H groups in total. The molecule has 1 aliphatic rings. The molecular formula is C27H26N2O3. The zero-order valence-electron chi connectivity index (χ0n) is 18.8. The third-order valence-electron chi connectivity index (χ3n) is 5.68. The maximum atomic E-state index is 13.7. The third kappa shape index (κ3) is 3.89. The second-order valence-corrected chi connectivity index (χ2v) is 8.03. The van der Waals surface area contributed by atoms with Crippen LogP contribution in [0.1, 0.15) is 22.3 Å². The molecular weight excluding hydrogens is 400 g/mol. The first-order valence-corrected chi connectivity index (χ1v) is 10.5. The summed E-state index contributed by atoms with van der Waals surface area (Å²) in [7, 11) is 3.45. The van der Waals surface area contributed by atoms with Crippen molar-refractivity contribution in [2.24, 2.45) is 0 Å². The normalized spacial score (nSPS) is 13.7. The van der Waals surface area contributed by atoms with Gasteiger partial charge in [-0.1, -0.05) is 60.2 Å². The van der Waals surface area contributed by atoms with Gasteiger partial charge in [-0.25, -0.2) is 4.90 Å². The number of likely N-dealkylation sites (N-methyl/N-ethyl adjacent to an activating group) is 1. The van der Waals surface area contributed by atoms with Crippen LogP contribution in [0.5, 0.6) is 5.75 Å². The number of nitrogens with zero attached hydrogens (tertiary/aromatic N) is 2. The number of ether oxygens (including phenoxy) is 1. The van der Waals surface area contributed by atoms with E-state index >= 15 is 0 Å². The number of carbonyl (C=O) groups is 2. The van der Waals surface area contributed by atoms with Crippen LogP contribution in [-0.4, -0.2) is 30.9 Å². The lowest BCUT2D eigenvalue weighted by Crippen LogP contribution is -2.34. The molecule has 0 aromatic heterocycles. The number of amides is 2. The average molecular weight is 427 g/mol. The Bertz CT molecular complexity index is 1200. The highest BCUT2D eigenvalue weighted by atomic mass is 16.5. The molecule has 4 rings (SSSR count). The summed E-state index contributed by atoms with van der Waals surface area (Å²) in [5, 5.41) is 0. The van der Waals surface area contributed by atoms with Gasteiger partial charge in [-0.15, -0.1) is 0 Å². The molecule has 0 saturated heterocycles. The van der Waals surface area contributed by atoms with Crippen LogP contribution in [0.3, 0.4) is 0 Å². The van der Waals surface area contributed by atoms with E-state index in [1.807, 2.05) is 86.5 Å². The van der Waals surface area contributed by atoms with Gasteiger partial charge in [0.1, 0.15) is 11.4 Å². The first-order valence-electron chi connectivity index (χ1n) is 10.5. The number of aryl methyl sites for hydroxylation is 2. The Morgan fingerprint density at radius 1 is 0.875 bits per heavy atom. The molecule has 0 bridgehead atoms. The number of hydrogen-bond donors (Lipinski definition) is 0. The van der Waals surface area contributed by atoms with E-state index in [4.69, 9.17) is 4.74 Å². The van der Waals surface area contributed by atoms with Crippen LogP contribution < -0.4 is 9.64 Å². The van der Waals surface area contributed by atoms with Crippen molar-refractivity contribution in [3.63, 3.8) is 0 Å². The minimum absolute atomic E-state index is 0.314. The predicted molar refractivity (Wildman–Crippen MR) is 126 cm³/mol. The molecule has 5 heteroatoms. The van der Waals surface area contributed by atoms with Crippen molar-refractivity contribution >= 4 is 23.1 Å². The van der Waals surface area contributed by atoms with E-state index in [0.717, 1.165) is 16.7 Å². The Labute approximate surface area is 188 Å². The zero-order chi connectivity index (χ0) is 22.8. The average Bonchev–Trinajstić information content (AvgIpc) is 3.05. The zero-order valence-corrected chi connectivity index (χ0v) is 18.8. The fourth-order valence-electron chi connectivity index (χ4n) is 4.10. The third-order valence-corrected chi connectivity index (χ3v) is 5.68. The van der Waals surface area contributed by atoms with Gasteiger partial charge in [-0.2, -0.15) is 0 Å². The molecule has 0 unspecified atom stereocenters. The molecule has 3 aromatic rings. The summed E-state index contributed by atoms with van der Waals surface area (Å²) in [4.78, 5) is 30.5. The number of benzene rings is 3. The predicted octanol–water partition coefficient (Wildman–Crippen LogP) is 4.73. The summed E-state index contributed by atoms with van der Waals surface area (Å²) in [6.45, 7) is 4.42. The molecule has 0 spiro atoms. The minimum Gasteiger partial charge on any atom is -0.497 e. The number of rotatable bonds is 6. The van der Waals surface area contributed by atoms with E-state index < -0.39 is 0 Å². The van der Waals surface area contributed by atoms with Crippen LogP contribution in [0.15, 0.2) is 78.5 Å². The largest absolute Gasteiger partial charge is 0.497 e. The highest BCUT2D eigenvalue weighted by Crippen LogP contribution is 2.36. The first kappa shape index (κ1) is 21.4. The monoisotopic (exact) mass is 426 g/mol. The second-order valence-electron chi connectivity index (χ2n) is 8.03. The van der Waals surface area contributed by atoms with Crippen LogP contribution >= 0.6 is 0 Å². The van der Waals surface area contributed by atoms with Gasteiger partial charge in [0.15, 0.2) is 0 Å². The standard InChI is InChI=1S/C27H26N2O3/c1-18-10-15-23(19(2)16-18)29-26(30)24(21-11-13-22(32-4)14-12-21)25(27(29)31)28(3)17-20-8-6-5-7-9-20/h5-16H,17H2,1-4H3. The van der Waals surface area contributed by atoms with Crippen molar-refractivity contribution in [2.45, 2.75) is 20.4 Å². The molecule has 0 atom stereocenters. The van der Waals surface area contributed by atoms with Crippen LogP contribution in [0.4, 0.5) is 5.69 Å². The van der Waals surface area contributed by atoms with Gasteiger partial charge in [-0.3, -0.25) is 9.59 Å². The second kappa shape index (κ2) is 8.71. The van der Waals surface area contributed by atoms with Gasteiger partial charge in [-0.05, 0) is 48.7 Å². The van der Waals surface area contributed by atoms with Gasteiger partial charge in [0.05, 0.1) is 18.4 Å². The molecule has 5 nitrogen and oxygen atoms in total. The van der Waals surface area contributed by atoms with Gasteiger partial charge in [0, 0.05) is 13.6 Å². The van der Waals surface area contributed by atoms with Crippen LogP contribution in [0.25, 0.3) is 5.57 Å². The minimum atomic E-state index is -0.318. The molecule has 162 valence electrons.